The first kappa shape index (κ1) is 19.5. The fraction of sp³-hybridized carbons (Fsp3) is 0.167. The fourth-order valence-electron chi connectivity index (χ4n) is 3.17. The minimum Gasteiger partial charge on any atom is -0.490 e. The first-order chi connectivity index (χ1) is 14.7. The number of aromatic nitrogens is 2. The molecule has 0 fully saturated rings. The number of carbonyl (C=O) groups is 1. The van der Waals surface area contributed by atoms with Crippen LogP contribution < -0.4 is 9.47 Å². The number of hydrogen-bond acceptors (Lipinski definition) is 5. The molecular formula is C24H22N2O4. The first-order valence-corrected chi connectivity index (χ1v) is 9.70. The maximum Gasteiger partial charge on any atom is 0.337 e. The second-order valence-corrected chi connectivity index (χ2v) is 6.68. The highest BCUT2D eigenvalue weighted by molar-refractivity contribution is 5.94. The molecule has 0 saturated heterocycles. The van der Waals surface area contributed by atoms with Crippen molar-refractivity contribution in [3.05, 3.63) is 77.9 Å². The van der Waals surface area contributed by atoms with E-state index < -0.39 is 0 Å². The average molecular weight is 402 g/mol. The van der Waals surface area contributed by atoms with E-state index in [2.05, 4.69) is 9.97 Å². The molecule has 0 radical (unpaired) electrons. The number of methoxy groups -OCH3 is 1. The van der Waals surface area contributed by atoms with Gasteiger partial charge in [-0.15, -0.1) is 0 Å². The molecular weight excluding hydrogens is 380 g/mol. The van der Waals surface area contributed by atoms with Crippen LogP contribution in [0, 0.1) is 0 Å². The van der Waals surface area contributed by atoms with Gasteiger partial charge in [0.2, 0.25) is 0 Å². The first-order valence-electron chi connectivity index (χ1n) is 9.70. The van der Waals surface area contributed by atoms with E-state index in [-0.39, 0.29) is 5.97 Å². The molecule has 1 N–H and O–H groups in total. The topological polar surface area (TPSA) is 73.4 Å². The summed E-state index contributed by atoms with van der Waals surface area (Å²) in [5, 5.41) is 0. The Morgan fingerprint density at radius 2 is 1.80 bits per heavy atom. The second-order valence-electron chi connectivity index (χ2n) is 6.68. The Morgan fingerprint density at radius 1 is 0.967 bits per heavy atom. The van der Waals surface area contributed by atoms with Gasteiger partial charge >= 0.3 is 5.97 Å². The van der Waals surface area contributed by atoms with Gasteiger partial charge < -0.3 is 19.2 Å². The lowest BCUT2D eigenvalue weighted by Crippen LogP contribution is -2.00. The Morgan fingerprint density at radius 3 is 2.57 bits per heavy atom. The lowest BCUT2D eigenvalue weighted by atomic mass is 10.2. The molecule has 0 aliphatic carbocycles. The number of imidazole rings is 1. The van der Waals surface area contributed by atoms with E-state index in [4.69, 9.17) is 14.2 Å². The fourth-order valence-corrected chi connectivity index (χ4v) is 3.17. The smallest absolute Gasteiger partial charge is 0.337 e. The number of hydrogen-bond donors (Lipinski definition) is 1. The summed E-state index contributed by atoms with van der Waals surface area (Å²) in [5.41, 5.74) is 3.94. The molecule has 3 aromatic carbocycles. The third-order valence-electron chi connectivity index (χ3n) is 4.66. The Bertz CT molecular complexity index is 1170. The molecule has 0 saturated carbocycles. The van der Waals surface area contributed by atoms with E-state index in [1.165, 1.54) is 7.11 Å². The predicted octanol–water partition coefficient (Wildman–Crippen LogP) is 4.99. The summed E-state index contributed by atoms with van der Waals surface area (Å²) < 4.78 is 16.6. The lowest BCUT2D eigenvalue weighted by Gasteiger charge is -2.13. The highest BCUT2D eigenvalue weighted by atomic mass is 16.5. The van der Waals surface area contributed by atoms with Gasteiger partial charge in [-0.05, 0) is 48.9 Å². The Hall–Kier alpha value is -3.80. The molecule has 0 aliphatic heterocycles. The maximum absolute atomic E-state index is 11.8. The van der Waals surface area contributed by atoms with Crippen LogP contribution in [-0.4, -0.2) is 29.7 Å². The van der Waals surface area contributed by atoms with Crippen molar-refractivity contribution in [1.82, 2.24) is 9.97 Å². The molecule has 6 heteroatoms. The second kappa shape index (κ2) is 8.69. The molecule has 4 aromatic rings. The zero-order valence-electron chi connectivity index (χ0n) is 16.8. The number of esters is 1. The van der Waals surface area contributed by atoms with Gasteiger partial charge in [0.25, 0.3) is 0 Å². The van der Waals surface area contributed by atoms with Crippen molar-refractivity contribution < 1.29 is 19.0 Å². The summed E-state index contributed by atoms with van der Waals surface area (Å²) in [6.45, 7) is 2.91. The Kier molecular flexibility index (Phi) is 5.66. The van der Waals surface area contributed by atoms with Crippen LogP contribution in [0.5, 0.6) is 11.5 Å². The van der Waals surface area contributed by atoms with Crippen LogP contribution in [0.3, 0.4) is 0 Å². The van der Waals surface area contributed by atoms with E-state index >= 15 is 0 Å². The molecule has 30 heavy (non-hydrogen) atoms. The number of H-pyrrole nitrogens is 1. The molecule has 0 unspecified atom stereocenters. The molecule has 0 spiro atoms. The van der Waals surface area contributed by atoms with E-state index in [1.54, 1.807) is 18.2 Å². The van der Waals surface area contributed by atoms with Crippen LogP contribution in [-0.2, 0) is 11.3 Å². The van der Waals surface area contributed by atoms with Crippen molar-refractivity contribution >= 4 is 17.0 Å². The number of nitrogens with one attached hydrogen (secondary N) is 1. The highest BCUT2D eigenvalue weighted by Crippen LogP contribution is 2.33. The van der Waals surface area contributed by atoms with Crippen LogP contribution >= 0.6 is 0 Å². The van der Waals surface area contributed by atoms with Crippen molar-refractivity contribution in [2.75, 3.05) is 13.7 Å². The molecule has 6 nitrogen and oxygen atoms in total. The predicted molar refractivity (Wildman–Crippen MR) is 115 cm³/mol. The summed E-state index contributed by atoms with van der Waals surface area (Å²) in [5.74, 6) is 1.63. The summed E-state index contributed by atoms with van der Waals surface area (Å²) >= 11 is 0. The summed E-state index contributed by atoms with van der Waals surface area (Å²) in [6.07, 6.45) is 0. The highest BCUT2D eigenvalue weighted by Gasteiger charge is 2.13. The largest absolute Gasteiger partial charge is 0.490 e. The third-order valence-corrected chi connectivity index (χ3v) is 4.66. The van der Waals surface area contributed by atoms with Crippen molar-refractivity contribution in [3.8, 4) is 22.9 Å². The van der Waals surface area contributed by atoms with Crippen LogP contribution in [0.15, 0.2) is 66.7 Å². The number of fused-ring (bicyclic) bond motifs is 1. The van der Waals surface area contributed by atoms with Crippen molar-refractivity contribution in [1.29, 1.82) is 0 Å². The van der Waals surface area contributed by atoms with Gasteiger partial charge in [-0.25, -0.2) is 9.78 Å². The molecule has 152 valence electrons. The van der Waals surface area contributed by atoms with Gasteiger partial charge in [0, 0.05) is 5.56 Å². The van der Waals surface area contributed by atoms with Gasteiger partial charge in [-0.2, -0.15) is 0 Å². The SMILES string of the molecule is CCOc1cc(-c2nc3ccc(C(=O)OC)cc3[nH]2)ccc1OCc1ccccc1. The maximum atomic E-state index is 11.8. The molecule has 0 atom stereocenters. The summed E-state index contributed by atoms with van der Waals surface area (Å²) in [6, 6.07) is 20.9. The van der Waals surface area contributed by atoms with Gasteiger partial charge in [0.05, 0.1) is 30.3 Å². The van der Waals surface area contributed by atoms with Crippen LogP contribution in [0.4, 0.5) is 0 Å². The molecule has 0 amide bonds. The zero-order valence-corrected chi connectivity index (χ0v) is 16.8. The van der Waals surface area contributed by atoms with E-state index in [1.807, 2.05) is 55.5 Å². The monoisotopic (exact) mass is 402 g/mol. The standard InChI is InChI=1S/C24H22N2O4/c1-3-29-22-14-17(10-12-21(22)30-15-16-7-5-4-6-8-16)23-25-19-11-9-18(24(27)28-2)13-20(19)26-23/h4-14H,3,15H2,1-2H3,(H,25,26). The number of nitrogens with zero attached hydrogens (tertiary/aromatic N) is 1. The van der Waals surface area contributed by atoms with E-state index in [0.717, 1.165) is 22.2 Å². The van der Waals surface area contributed by atoms with Gasteiger partial charge in [-0.3, -0.25) is 0 Å². The molecule has 0 bridgehead atoms. The van der Waals surface area contributed by atoms with Crippen molar-refractivity contribution in [2.45, 2.75) is 13.5 Å². The quantitative estimate of drug-likeness (QED) is 0.441. The summed E-state index contributed by atoms with van der Waals surface area (Å²) in [4.78, 5) is 19.7. The average Bonchev–Trinajstić information content (AvgIpc) is 3.22. The Labute approximate surface area is 174 Å². The lowest BCUT2D eigenvalue weighted by molar-refractivity contribution is 0.0601. The number of benzene rings is 3. The van der Waals surface area contributed by atoms with Crippen molar-refractivity contribution in [2.24, 2.45) is 0 Å². The van der Waals surface area contributed by atoms with Gasteiger partial charge in [0.1, 0.15) is 12.4 Å². The normalized spacial score (nSPS) is 10.7. The molecule has 1 aromatic heterocycles. The number of carbonyl (C=O) groups excluding carboxylic acids is 1. The molecule has 1 heterocycles. The minimum absolute atomic E-state index is 0.383. The van der Waals surface area contributed by atoms with E-state index in [0.29, 0.717) is 36.1 Å². The van der Waals surface area contributed by atoms with Gasteiger partial charge in [0.15, 0.2) is 11.5 Å². The molecule has 4 rings (SSSR count). The van der Waals surface area contributed by atoms with Crippen molar-refractivity contribution in [3.63, 3.8) is 0 Å². The number of aromatic amines is 1. The van der Waals surface area contributed by atoms with Crippen LogP contribution in [0.1, 0.15) is 22.8 Å². The summed E-state index contributed by atoms with van der Waals surface area (Å²) in [7, 11) is 1.36. The number of ether oxygens (including phenoxy) is 3. The third kappa shape index (κ3) is 4.12. The Balaban J connectivity index is 1.62. The van der Waals surface area contributed by atoms with Gasteiger partial charge in [-0.1, -0.05) is 30.3 Å². The van der Waals surface area contributed by atoms with Crippen LogP contribution in [0.25, 0.3) is 22.4 Å². The molecule has 0 aliphatic rings. The van der Waals surface area contributed by atoms with E-state index in [9.17, 15) is 4.79 Å². The number of rotatable bonds is 7. The van der Waals surface area contributed by atoms with Crippen LogP contribution in [0.2, 0.25) is 0 Å². The minimum atomic E-state index is -0.383. The zero-order chi connectivity index (χ0) is 20.9.